The molecular formula is C5H6O. The Morgan fingerprint density at radius 1 is 1.67 bits per heavy atom. The van der Waals surface area contributed by atoms with Crippen LogP contribution in [-0.4, -0.2) is 0 Å². The molecule has 0 N–H and O–H groups in total. The van der Waals surface area contributed by atoms with Crippen molar-refractivity contribution in [3.8, 4) is 0 Å². The molecule has 1 aliphatic rings. The first kappa shape index (κ1) is 3.72. The van der Waals surface area contributed by atoms with Gasteiger partial charge >= 0.3 is 0 Å². The van der Waals surface area contributed by atoms with Gasteiger partial charge in [-0.05, 0) is 18.9 Å². The van der Waals surface area contributed by atoms with Crippen molar-refractivity contribution in [3.63, 3.8) is 0 Å². The minimum absolute atomic E-state index is 1.01. The average Bonchev–Trinajstić information content (AvgIpc) is 1.72. The molecule has 1 nitrogen and oxygen atoms in total. The maximum absolute atomic E-state index is 4.71. The molecule has 32 valence electrons. The van der Waals surface area contributed by atoms with Gasteiger partial charge in [-0.2, -0.15) is 0 Å². The van der Waals surface area contributed by atoms with Crippen LogP contribution in [0.25, 0.3) is 0 Å². The Labute approximate surface area is 37.6 Å². The molecule has 2 radical (unpaired) electrons. The van der Waals surface area contributed by atoms with Gasteiger partial charge in [0.1, 0.15) is 6.61 Å². The SMILES string of the molecule is [C]1=CO[CH]CC1. The summed E-state index contributed by atoms with van der Waals surface area (Å²) in [5, 5.41) is 0. The summed E-state index contributed by atoms with van der Waals surface area (Å²) in [4.78, 5) is 0. The van der Waals surface area contributed by atoms with Crippen molar-refractivity contribution in [2.75, 3.05) is 0 Å². The van der Waals surface area contributed by atoms with Gasteiger partial charge in [0, 0.05) is 0 Å². The lowest BCUT2D eigenvalue weighted by atomic mass is 10.3. The Hall–Kier alpha value is -0.460. The van der Waals surface area contributed by atoms with Crippen molar-refractivity contribution < 1.29 is 4.74 Å². The summed E-state index contributed by atoms with van der Waals surface area (Å²) in [5.41, 5.74) is 0. The van der Waals surface area contributed by atoms with Crippen molar-refractivity contribution in [2.45, 2.75) is 12.8 Å². The quantitative estimate of drug-likeness (QED) is 0.427. The monoisotopic (exact) mass is 82.0 g/mol. The number of hydrogen-bond acceptors (Lipinski definition) is 1. The predicted octanol–water partition coefficient (Wildman–Crippen LogP) is 1.28. The maximum Gasteiger partial charge on any atom is 0.135 e. The second-order valence-corrected chi connectivity index (χ2v) is 1.16. The van der Waals surface area contributed by atoms with Gasteiger partial charge in [0.05, 0.1) is 6.26 Å². The molecule has 0 aromatic heterocycles. The van der Waals surface area contributed by atoms with E-state index in [4.69, 9.17) is 4.74 Å². The highest BCUT2D eigenvalue weighted by Gasteiger charge is 1.88. The van der Waals surface area contributed by atoms with E-state index >= 15 is 0 Å². The molecule has 1 heteroatoms. The van der Waals surface area contributed by atoms with Crippen molar-refractivity contribution in [1.82, 2.24) is 0 Å². The van der Waals surface area contributed by atoms with E-state index in [2.05, 4.69) is 6.08 Å². The molecule has 1 aliphatic heterocycles. The van der Waals surface area contributed by atoms with E-state index in [-0.39, 0.29) is 0 Å². The molecule has 0 aromatic carbocycles. The highest BCUT2D eigenvalue weighted by Crippen LogP contribution is 2.01. The summed E-state index contributed by atoms with van der Waals surface area (Å²) in [7, 11) is 0. The van der Waals surface area contributed by atoms with Crippen LogP contribution in [0.1, 0.15) is 12.8 Å². The van der Waals surface area contributed by atoms with Gasteiger partial charge in [-0.3, -0.25) is 0 Å². The molecule has 0 aromatic rings. The maximum atomic E-state index is 4.71. The molecule has 0 saturated heterocycles. The van der Waals surface area contributed by atoms with E-state index in [1.54, 1.807) is 12.9 Å². The summed E-state index contributed by atoms with van der Waals surface area (Å²) in [6.45, 7) is 1.77. The third kappa shape index (κ3) is 0.744. The minimum atomic E-state index is 1.01. The largest absolute Gasteiger partial charge is 0.494 e. The fraction of sp³-hybridized carbons (Fsp3) is 0.400. The van der Waals surface area contributed by atoms with Crippen molar-refractivity contribution in [1.29, 1.82) is 0 Å². The zero-order valence-corrected chi connectivity index (χ0v) is 3.48. The van der Waals surface area contributed by atoms with Gasteiger partial charge in [-0.15, -0.1) is 0 Å². The molecule has 0 spiro atoms. The molecule has 6 heavy (non-hydrogen) atoms. The minimum Gasteiger partial charge on any atom is -0.494 e. The fourth-order valence-electron chi connectivity index (χ4n) is 0.365. The van der Waals surface area contributed by atoms with Crippen LogP contribution in [0.2, 0.25) is 0 Å². The smallest absolute Gasteiger partial charge is 0.135 e. The van der Waals surface area contributed by atoms with E-state index in [1.807, 2.05) is 0 Å². The predicted molar refractivity (Wildman–Crippen MR) is 22.4 cm³/mol. The lowest BCUT2D eigenvalue weighted by Crippen LogP contribution is -1.83. The standard InChI is InChI=1S/C5H6O/c1-2-4-6-5-3-1/h4-5H,1-2H2. The van der Waals surface area contributed by atoms with E-state index in [0.29, 0.717) is 0 Å². The third-order valence-electron chi connectivity index (χ3n) is 0.654. The van der Waals surface area contributed by atoms with Crippen molar-refractivity contribution >= 4 is 0 Å². The van der Waals surface area contributed by atoms with E-state index in [1.165, 1.54) is 0 Å². The lowest BCUT2D eigenvalue weighted by Gasteiger charge is -1.99. The van der Waals surface area contributed by atoms with Gasteiger partial charge in [0.25, 0.3) is 0 Å². The van der Waals surface area contributed by atoms with Gasteiger partial charge in [0.15, 0.2) is 0 Å². The van der Waals surface area contributed by atoms with Crippen molar-refractivity contribution in [3.05, 3.63) is 18.9 Å². The summed E-state index contributed by atoms with van der Waals surface area (Å²) in [6, 6.07) is 0. The summed E-state index contributed by atoms with van der Waals surface area (Å²) in [6.07, 6.45) is 6.52. The van der Waals surface area contributed by atoms with Crippen LogP contribution in [0, 0.1) is 12.7 Å². The van der Waals surface area contributed by atoms with Crippen LogP contribution >= 0.6 is 0 Å². The summed E-state index contributed by atoms with van der Waals surface area (Å²) in [5.74, 6) is 0. The Morgan fingerprint density at radius 3 is 2.83 bits per heavy atom. The second kappa shape index (κ2) is 1.85. The van der Waals surface area contributed by atoms with Crippen LogP contribution < -0.4 is 0 Å². The molecule has 0 atom stereocenters. The zero-order chi connectivity index (χ0) is 4.24. The van der Waals surface area contributed by atoms with Crippen LogP contribution in [0.15, 0.2) is 6.26 Å². The first-order valence-electron chi connectivity index (χ1n) is 2.02. The van der Waals surface area contributed by atoms with Crippen molar-refractivity contribution in [2.24, 2.45) is 0 Å². The van der Waals surface area contributed by atoms with Gasteiger partial charge in [0.2, 0.25) is 0 Å². The highest BCUT2D eigenvalue weighted by atomic mass is 16.5. The first-order valence-corrected chi connectivity index (χ1v) is 2.02. The molecule has 0 fully saturated rings. The van der Waals surface area contributed by atoms with Crippen LogP contribution in [0.5, 0.6) is 0 Å². The van der Waals surface area contributed by atoms with E-state index < -0.39 is 0 Å². The van der Waals surface area contributed by atoms with E-state index in [9.17, 15) is 0 Å². The number of rotatable bonds is 0. The average molecular weight is 82.1 g/mol. The molecule has 1 rings (SSSR count). The Balaban J connectivity index is 2.26. The van der Waals surface area contributed by atoms with Crippen LogP contribution in [0.3, 0.4) is 0 Å². The van der Waals surface area contributed by atoms with Gasteiger partial charge < -0.3 is 4.74 Å². The number of ether oxygens (including phenoxy) is 1. The normalized spacial score (nSPS) is 20.0. The van der Waals surface area contributed by atoms with Gasteiger partial charge in [-0.1, -0.05) is 0 Å². The summed E-state index contributed by atoms with van der Waals surface area (Å²) >= 11 is 0. The number of allylic oxidation sites excluding steroid dienone is 1. The molecule has 1 heterocycles. The molecule has 0 aliphatic carbocycles. The highest BCUT2D eigenvalue weighted by molar-refractivity contribution is 4.73. The molecule has 0 saturated carbocycles. The number of hydrogen-bond donors (Lipinski definition) is 0. The topological polar surface area (TPSA) is 9.23 Å². The first-order chi connectivity index (χ1) is 3.00. The molecule has 0 bridgehead atoms. The summed E-state index contributed by atoms with van der Waals surface area (Å²) < 4.78 is 4.71. The Morgan fingerprint density at radius 2 is 2.67 bits per heavy atom. The molecule has 0 unspecified atom stereocenters. The Bertz CT molecular complexity index is 49.0. The van der Waals surface area contributed by atoms with Crippen LogP contribution in [0.4, 0.5) is 0 Å². The zero-order valence-electron chi connectivity index (χ0n) is 3.48. The van der Waals surface area contributed by atoms with Gasteiger partial charge in [-0.25, -0.2) is 0 Å². The molecular weight excluding hydrogens is 76.1 g/mol. The fourth-order valence-corrected chi connectivity index (χ4v) is 0.365. The molecule has 0 amide bonds. The Kier molecular flexibility index (Phi) is 1.15. The van der Waals surface area contributed by atoms with Crippen LogP contribution in [-0.2, 0) is 4.74 Å². The van der Waals surface area contributed by atoms with E-state index in [0.717, 1.165) is 12.8 Å². The lowest BCUT2D eigenvalue weighted by molar-refractivity contribution is 0.302. The second-order valence-electron chi connectivity index (χ2n) is 1.16. The third-order valence-corrected chi connectivity index (χ3v) is 0.654.